The van der Waals surface area contributed by atoms with Crippen LogP contribution in [0.1, 0.15) is 19.4 Å². The Morgan fingerprint density at radius 2 is 2.28 bits per heavy atom. The van der Waals surface area contributed by atoms with Crippen molar-refractivity contribution >= 4 is 21.9 Å². The van der Waals surface area contributed by atoms with Crippen molar-refractivity contribution in [2.45, 2.75) is 25.6 Å². The van der Waals surface area contributed by atoms with Crippen molar-refractivity contribution in [3.8, 4) is 5.75 Å². The van der Waals surface area contributed by atoms with Gasteiger partial charge in [0, 0.05) is 0 Å². The number of rotatable bonds is 4. The Kier molecular flexibility index (Phi) is 3.64. The lowest BCUT2D eigenvalue weighted by Crippen LogP contribution is -2.18. The summed E-state index contributed by atoms with van der Waals surface area (Å²) < 4.78 is 16.5. The highest BCUT2D eigenvalue weighted by Gasteiger charge is 2.59. The van der Waals surface area contributed by atoms with E-state index < -0.39 is 11.7 Å². The monoisotopic (exact) mass is 314 g/mol. The topological polar surface area (TPSA) is 48.1 Å². The third-order valence-corrected chi connectivity index (χ3v) is 3.65. The summed E-state index contributed by atoms with van der Waals surface area (Å²) in [6, 6.07) is 5.63. The number of esters is 1. The average molecular weight is 315 g/mol. The van der Waals surface area contributed by atoms with Crippen molar-refractivity contribution < 1.29 is 19.0 Å². The highest BCUT2D eigenvalue weighted by molar-refractivity contribution is 9.10. The molecule has 4 nitrogen and oxygen atoms in total. The number of hydrogen-bond donors (Lipinski definition) is 0. The second kappa shape index (κ2) is 4.90. The highest BCUT2D eigenvalue weighted by atomic mass is 79.9. The van der Waals surface area contributed by atoms with Crippen molar-refractivity contribution in [1.82, 2.24) is 0 Å². The summed E-state index contributed by atoms with van der Waals surface area (Å²) in [7, 11) is 1.61. The van der Waals surface area contributed by atoms with Crippen LogP contribution in [0.4, 0.5) is 0 Å². The van der Waals surface area contributed by atoms with E-state index in [0.717, 1.165) is 15.8 Å². The van der Waals surface area contributed by atoms with Crippen LogP contribution >= 0.6 is 15.9 Å². The van der Waals surface area contributed by atoms with Crippen LogP contribution in [0.25, 0.3) is 0 Å². The largest absolute Gasteiger partial charge is 0.496 e. The van der Waals surface area contributed by atoms with Crippen LogP contribution in [0, 0.1) is 0 Å². The maximum absolute atomic E-state index is 11.6. The molecular formula is C13H15BrO4. The zero-order valence-electron chi connectivity index (χ0n) is 10.5. The van der Waals surface area contributed by atoms with Crippen LogP contribution in [0.15, 0.2) is 22.7 Å². The molecule has 0 aromatic heterocycles. The fourth-order valence-electron chi connectivity index (χ4n) is 1.90. The van der Waals surface area contributed by atoms with Crippen LogP contribution in [0.3, 0.4) is 0 Å². The SMILES string of the molecule is CCOC(=O)C1OC1(C)c1ccc(OC)c(Br)c1. The second-order valence-electron chi connectivity index (χ2n) is 4.21. The smallest absolute Gasteiger partial charge is 0.338 e. The van der Waals surface area contributed by atoms with E-state index in [2.05, 4.69) is 15.9 Å². The first-order valence-electron chi connectivity index (χ1n) is 5.71. The fourth-order valence-corrected chi connectivity index (χ4v) is 2.44. The Balaban J connectivity index is 2.18. The van der Waals surface area contributed by atoms with E-state index in [4.69, 9.17) is 14.2 Å². The lowest BCUT2D eigenvalue weighted by atomic mass is 9.97. The molecule has 0 amide bonds. The Hall–Kier alpha value is -1.07. The van der Waals surface area contributed by atoms with E-state index in [1.807, 2.05) is 25.1 Å². The van der Waals surface area contributed by atoms with E-state index in [0.29, 0.717) is 6.61 Å². The summed E-state index contributed by atoms with van der Waals surface area (Å²) in [5, 5.41) is 0. The number of ether oxygens (including phenoxy) is 3. The summed E-state index contributed by atoms with van der Waals surface area (Å²) in [5.74, 6) is 0.433. The molecule has 0 saturated carbocycles. The van der Waals surface area contributed by atoms with Crippen molar-refractivity contribution in [3.63, 3.8) is 0 Å². The zero-order valence-corrected chi connectivity index (χ0v) is 12.1. The van der Waals surface area contributed by atoms with Crippen molar-refractivity contribution in [2.24, 2.45) is 0 Å². The number of hydrogen-bond acceptors (Lipinski definition) is 4. The molecule has 1 aliphatic heterocycles. The molecule has 2 rings (SSSR count). The highest BCUT2D eigenvalue weighted by Crippen LogP contribution is 2.47. The van der Waals surface area contributed by atoms with Crippen LogP contribution in [-0.4, -0.2) is 25.8 Å². The van der Waals surface area contributed by atoms with Crippen LogP contribution in [0.2, 0.25) is 0 Å². The molecule has 0 N–H and O–H groups in total. The number of halogens is 1. The third-order valence-electron chi connectivity index (χ3n) is 3.03. The lowest BCUT2D eigenvalue weighted by Gasteiger charge is -2.09. The van der Waals surface area contributed by atoms with Gasteiger partial charge < -0.3 is 14.2 Å². The van der Waals surface area contributed by atoms with Gasteiger partial charge in [-0.15, -0.1) is 0 Å². The maximum atomic E-state index is 11.6. The molecule has 2 unspecified atom stereocenters. The van der Waals surface area contributed by atoms with E-state index in [9.17, 15) is 4.79 Å². The zero-order chi connectivity index (χ0) is 13.3. The number of epoxide rings is 1. The molecule has 1 fully saturated rings. The van der Waals surface area contributed by atoms with Crippen molar-refractivity contribution in [2.75, 3.05) is 13.7 Å². The first-order chi connectivity index (χ1) is 8.52. The van der Waals surface area contributed by atoms with Gasteiger partial charge in [0.05, 0.1) is 18.2 Å². The molecule has 1 saturated heterocycles. The molecule has 0 spiro atoms. The first kappa shape index (κ1) is 13.4. The fraction of sp³-hybridized carbons (Fsp3) is 0.462. The van der Waals surface area contributed by atoms with Crippen LogP contribution < -0.4 is 4.74 Å². The molecule has 0 aliphatic carbocycles. The summed E-state index contributed by atoms with van der Waals surface area (Å²) in [6.45, 7) is 4.02. The standard InChI is InChI=1S/C13H15BrO4/c1-4-17-12(15)11-13(2,18-11)8-5-6-10(16-3)9(14)7-8/h5-7,11H,4H2,1-3H3. The number of carbonyl (C=O) groups excluding carboxylic acids is 1. The summed E-state index contributed by atoms with van der Waals surface area (Å²) in [4.78, 5) is 11.6. The van der Waals surface area contributed by atoms with E-state index in [1.165, 1.54) is 0 Å². The van der Waals surface area contributed by atoms with Gasteiger partial charge in [0.2, 0.25) is 0 Å². The van der Waals surface area contributed by atoms with E-state index in [1.54, 1.807) is 14.0 Å². The van der Waals surface area contributed by atoms with Gasteiger partial charge in [-0.25, -0.2) is 4.79 Å². The van der Waals surface area contributed by atoms with Crippen LogP contribution in [-0.2, 0) is 19.9 Å². The molecule has 0 bridgehead atoms. The maximum Gasteiger partial charge on any atom is 0.338 e. The average Bonchev–Trinajstić information content (AvgIpc) is 3.03. The van der Waals surface area contributed by atoms with Gasteiger partial charge in [-0.3, -0.25) is 0 Å². The predicted molar refractivity (Wildman–Crippen MR) is 69.6 cm³/mol. The number of benzene rings is 1. The quantitative estimate of drug-likeness (QED) is 0.633. The summed E-state index contributed by atoms with van der Waals surface area (Å²) >= 11 is 3.42. The molecule has 5 heteroatoms. The molecular weight excluding hydrogens is 300 g/mol. The predicted octanol–water partition coefficient (Wildman–Crippen LogP) is 2.63. The summed E-state index contributed by atoms with van der Waals surface area (Å²) in [6.07, 6.45) is -0.516. The molecule has 1 aromatic carbocycles. The molecule has 1 heterocycles. The van der Waals surface area contributed by atoms with E-state index in [-0.39, 0.29) is 5.97 Å². The Labute approximate surface area is 114 Å². The minimum Gasteiger partial charge on any atom is -0.496 e. The molecule has 18 heavy (non-hydrogen) atoms. The Morgan fingerprint density at radius 3 is 2.83 bits per heavy atom. The Morgan fingerprint density at radius 1 is 1.56 bits per heavy atom. The van der Waals surface area contributed by atoms with Gasteiger partial charge in [-0.05, 0) is 47.5 Å². The Bertz CT molecular complexity index is 474. The normalized spacial score (nSPS) is 25.7. The third kappa shape index (κ3) is 2.24. The van der Waals surface area contributed by atoms with Gasteiger partial charge >= 0.3 is 5.97 Å². The summed E-state index contributed by atoms with van der Waals surface area (Å²) in [5.41, 5.74) is 0.328. The minimum atomic E-state index is -0.596. The second-order valence-corrected chi connectivity index (χ2v) is 5.06. The van der Waals surface area contributed by atoms with Gasteiger partial charge in [0.25, 0.3) is 0 Å². The molecule has 1 aromatic rings. The molecule has 98 valence electrons. The lowest BCUT2D eigenvalue weighted by molar-refractivity contribution is -0.144. The molecule has 1 aliphatic rings. The van der Waals surface area contributed by atoms with Gasteiger partial charge in [-0.1, -0.05) is 6.07 Å². The van der Waals surface area contributed by atoms with Gasteiger partial charge in [0.1, 0.15) is 11.4 Å². The first-order valence-corrected chi connectivity index (χ1v) is 6.50. The van der Waals surface area contributed by atoms with Crippen LogP contribution in [0.5, 0.6) is 5.75 Å². The number of methoxy groups -OCH3 is 1. The van der Waals surface area contributed by atoms with Gasteiger partial charge in [0.15, 0.2) is 6.10 Å². The minimum absolute atomic E-state index is 0.313. The van der Waals surface area contributed by atoms with Gasteiger partial charge in [-0.2, -0.15) is 0 Å². The van der Waals surface area contributed by atoms with E-state index >= 15 is 0 Å². The van der Waals surface area contributed by atoms with Crippen molar-refractivity contribution in [1.29, 1.82) is 0 Å². The molecule has 0 radical (unpaired) electrons. The van der Waals surface area contributed by atoms with Crippen molar-refractivity contribution in [3.05, 3.63) is 28.2 Å². The number of carbonyl (C=O) groups is 1. The molecule has 2 atom stereocenters.